The highest BCUT2D eigenvalue weighted by Gasteiger charge is 2.17. The summed E-state index contributed by atoms with van der Waals surface area (Å²) < 4.78 is 16.5. The third-order valence-electron chi connectivity index (χ3n) is 4.12. The molecule has 2 N–H and O–H groups in total. The van der Waals surface area contributed by atoms with E-state index in [4.69, 9.17) is 25.6 Å². The Kier molecular flexibility index (Phi) is 10.1. The van der Waals surface area contributed by atoms with E-state index in [0.29, 0.717) is 35.9 Å². The summed E-state index contributed by atoms with van der Waals surface area (Å²) in [6.07, 6.45) is 1.14. The quantitative estimate of drug-likeness (QED) is 0.304. The highest BCUT2D eigenvalue weighted by molar-refractivity contribution is 14.0. The SMILES string of the molecule is CCNC(=NCc1nc(-c2cccc(Cl)c2)no1)NC(C)COC1CCOC1.I. The highest BCUT2D eigenvalue weighted by Crippen LogP contribution is 2.20. The van der Waals surface area contributed by atoms with Gasteiger partial charge in [-0.1, -0.05) is 28.9 Å². The number of benzene rings is 1. The first kappa shape index (κ1) is 23.8. The fraction of sp³-hybridized carbons (Fsp3) is 0.526. The van der Waals surface area contributed by atoms with E-state index in [9.17, 15) is 0 Å². The number of rotatable bonds is 8. The molecule has 0 saturated carbocycles. The first-order valence-electron chi connectivity index (χ1n) is 9.46. The summed E-state index contributed by atoms with van der Waals surface area (Å²) in [6, 6.07) is 7.42. The second-order valence-electron chi connectivity index (χ2n) is 6.58. The predicted molar refractivity (Wildman–Crippen MR) is 123 cm³/mol. The first-order chi connectivity index (χ1) is 13.6. The molecule has 0 aliphatic carbocycles. The molecular formula is C19H27ClIN5O3. The average molecular weight is 536 g/mol. The first-order valence-corrected chi connectivity index (χ1v) is 9.84. The van der Waals surface area contributed by atoms with Crippen molar-refractivity contribution in [3.8, 4) is 11.4 Å². The molecule has 2 aromatic rings. The van der Waals surface area contributed by atoms with Gasteiger partial charge in [-0.05, 0) is 32.4 Å². The standard InChI is InChI=1S/C19H26ClN5O3.HI/c1-3-21-19(23-13(2)11-27-16-7-8-26-12-16)22-10-17-24-18(25-28-17)14-5-4-6-15(20)9-14;/h4-6,9,13,16H,3,7-8,10-12H2,1-2H3,(H2,21,22,23);1H. The van der Waals surface area contributed by atoms with E-state index in [0.717, 1.165) is 25.1 Å². The summed E-state index contributed by atoms with van der Waals surface area (Å²) in [5.74, 6) is 1.59. The molecule has 8 nitrogen and oxygen atoms in total. The number of guanidine groups is 1. The van der Waals surface area contributed by atoms with Gasteiger partial charge in [0.15, 0.2) is 5.96 Å². The van der Waals surface area contributed by atoms with Crippen molar-refractivity contribution in [2.24, 2.45) is 4.99 Å². The molecule has 0 amide bonds. The Balaban J connectivity index is 0.00000300. The molecule has 10 heteroatoms. The predicted octanol–water partition coefficient (Wildman–Crippen LogP) is 3.26. The van der Waals surface area contributed by atoms with E-state index in [1.54, 1.807) is 12.1 Å². The van der Waals surface area contributed by atoms with Crippen LogP contribution in [0.5, 0.6) is 0 Å². The Bertz CT molecular complexity index is 783. The van der Waals surface area contributed by atoms with Crippen molar-refractivity contribution in [1.29, 1.82) is 0 Å². The number of hydrogen-bond donors (Lipinski definition) is 2. The van der Waals surface area contributed by atoms with Gasteiger partial charge in [-0.3, -0.25) is 0 Å². The molecule has 1 aromatic heterocycles. The van der Waals surface area contributed by atoms with Crippen LogP contribution in [0, 0.1) is 0 Å². The molecule has 2 heterocycles. The molecule has 160 valence electrons. The van der Waals surface area contributed by atoms with Crippen molar-refractivity contribution in [2.45, 2.75) is 39.0 Å². The van der Waals surface area contributed by atoms with Crippen LogP contribution in [-0.2, 0) is 16.0 Å². The number of aliphatic imine (C=N–C) groups is 1. The number of nitrogens with zero attached hydrogens (tertiary/aromatic N) is 3. The van der Waals surface area contributed by atoms with E-state index in [1.807, 2.05) is 26.0 Å². The summed E-state index contributed by atoms with van der Waals surface area (Å²) in [6.45, 7) is 7.11. The van der Waals surface area contributed by atoms with Crippen molar-refractivity contribution in [2.75, 3.05) is 26.4 Å². The van der Waals surface area contributed by atoms with Crippen LogP contribution in [0.2, 0.25) is 5.02 Å². The largest absolute Gasteiger partial charge is 0.379 e. The Hall–Kier alpha value is -1.43. The van der Waals surface area contributed by atoms with Gasteiger partial charge in [0, 0.05) is 29.8 Å². The maximum absolute atomic E-state index is 6.01. The lowest BCUT2D eigenvalue weighted by Crippen LogP contribution is -2.44. The van der Waals surface area contributed by atoms with Gasteiger partial charge in [0.2, 0.25) is 11.7 Å². The molecule has 3 rings (SSSR count). The van der Waals surface area contributed by atoms with Crippen molar-refractivity contribution in [3.63, 3.8) is 0 Å². The average Bonchev–Trinajstić information content (AvgIpc) is 3.37. The van der Waals surface area contributed by atoms with E-state index in [2.05, 4.69) is 25.8 Å². The van der Waals surface area contributed by atoms with Crippen molar-refractivity contribution in [3.05, 3.63) is 35.2 Å². The minimum atomic E-state index is 0. The molecule has 1 fully saturated rings. The van der Waals surface area contributed by atoms with Gasteiger partial charge in [0.1, 0.15) is 6.54 Å². The minimum absolute atomic E-state index is 0. The van der Waals surface area contributed by atoms with Crippen LogP contribution in [0.4, 0.5) is 0 Å². The Morgan fingerprint density at radius 3 is 3.03 bits per heavy atom. The molecule has 2 unspecified atom stereocenters. The van der Waals surface area contributed by atoms with Crippen LogP contribution in [0.1, 0.15) is 26.2 Å². The molecule has 29 heavy (non-hydrogen) atoms. The van der Waals surface area contributed by atoms with Crippen LogP contribution in [0.3, 0.4) is 0 Å². The van der Waals surface area contributed by atoms with Gasteiger partial charge >= 0.3 is 0 Å². The lowest BCUT2D eigenvalue weighted by molar-refractivity contribution is 0.0347. The lowest BCUT2D eigenvalue weighted by atomic mass is 10.2. The molecule has 1 aromatic carbocycles. The second-order valence-corrected chi connectivity index (χ2v) is 7.02. The highest BCUT2D eigenvalue weighted by atomic mass is 127. The van der Waals surface area contributed by atoms with E-state index >= 15 is 0 Å². The van der Waals surface area contributed by atoms with Crippen LogP contribution >= 0.6 is 35.6 Å². The molecule has 2 atom stereocenters. The molecular weight excluding hydrogens is 509 g/mol. The fourth-order valence-corrected chi connectivity index (χ4v) is 2.92. The zero-order valence-corrected chi connectivity index (χ0v) is 19.6. The minimum Gasteiger partial charge on any atom is -0.379 e. The Morgan fingerprint density at radius 1 is 1.45 bits per heavy atom. The maximum atomic E-state index is 6.01. The topological polar surface area (TPSA) is 93.8 Å². The normalized spacial score (nSPS) is 17.6. The van der Waals surface area contributed by atoms with Gasteiger partial charge in [-0.25, -0.2) is 4.99 Å². The van der Waals surface area contributed by atoms with Gasteiger partial charge in [0.05, 0.1) is 19.3 Å². The van der Waals surface area contributed by atoms with Crippen LogP contribution in [0.15, 0.2) is 33.8 Å². The van der Waals surface area contributed by atoms with E-state index in [1.165, 1.54) is 0 Å². The van der Waals surface area contributed by atoms with Gasteiger partial charge < -0.3 is 24.6 Å². The van der Waals surface area contributed by atoms with Gasteiger partial charge in [0.25, 0.3) is 0 Å². The smallest absolute Gasteiger partial charge is 0.248 e. The summed E-state index contributed by atoms with van der Waals surface area (Å²) in [4.78, 5) is 8.90. The third-order valence-corrected chi connectivity index (χ3v) is 4.36. The summed E-state index contributed by atoms with van der Waals surface area (Å²) in [5, 5.41) is 11.2. The summed E-state index contributed by atoms with van der Waals surface area (Å²) >= 11 is 6.01. The summed E-state index contributed by atoms with van der Waals surface area (Å²) in [5.41, 5.74) is 0.804. The molecule has 0 bridgehead atoms. The molecule has 0 radical (unpaired) electrons. The van der Waals surface area contributed by atoms with Crippen LogP contribution in [0.25, 0.3) is 11.4 Å². The Labute approximate surface area is 192 Å². The van der Waals surface area contributed by atoms with Gasteiger partial charge in [-0.2, -0.15) is 4.98 Å². The molecule has 1 aliphatic rings. The van der Waals surface area contributed by atoms with Crippen molar-refractivity contribution < 1.29 is 14.0 Å². The fourth-order valence-electron chi connectivity index (χ4n) is 2.73. The molecule has 1 saturated heterocycles. The van der Waals surface area contributed by atoms with Crippen molar-refractivity contribution >= 4 is 41.5 Å². The monoisotopic (exact) mass is 535 g/mol. The lowest BCUT2D eigenvalue weighted by Gasteiger charge is -2.19. The second kappa shape index (κ2) is 12.3. The zero-order valence-electron chi connectivity index (χ0n) is 16.6. The van der Waals surface area contributed by atoms with Crippen LogP contribution in [-0.4, -0.2) is 54.6 Å². The number of halogens is 2. The third kappa shape index (κ3) is 7.72. The zero-order chi connectivity index (χ0) is 19.8. The number of aromatic nitrogens is 2. The summed E-state index contributed by atoms with van der Waals surface area (Å²) in [7, 11) is 0. The van der Waals surface area contributed by atoms with Gasteiger partial charge in [-0.15, -0.1) is 24.0 Å². The van der Waals surface area contributed by atoms with E-state index < -0.39 is 0 Å². The number of ether oxygens (including phenoxy) is 2. The Morgan fingerprint density at radius 2 is 2.31 bits per heavy atom. The van der Waals surface area contributed by atoms with Crippen LogP contribution < -0.4 is 10.6 Å². The number of hydrogen-bond acceptors (Lipinski definition) is 6. The molecule has 0 spiro atoms. The van der Waals surface area contributed by atoms with E-state index in [-0.39, 0.29) is 42.7 Å². The number of nitrogens with one attached hydrogen (secondary N) is 2. The maximum Gasteiger partial charge on any atom is 0.248 e. The molecule has 1 aliphatic heterocycles. The van der Waals surface area contributed by atoms with Crippen molar-refractivity contribution in [1.82, 2.24) is 20.8 Å².